The lowest BCUT2D eigenvalue weighted by Crippen LogP contribution is -2.42. The number of amides is 4. The van der Waals surface area contributed by atoms with Crippen LogP contribution in [0.5, 0.6) is 0 Å². The summed E-state index contributed by atoms with van der Waals surface area (Å²) < 4.78 is 5.19. The maximum atomic E-state index is 13.0. The van der Waals surface area contributed by atoms with Crippen LogP contribution >= 0.6 is 0 Å². The fourth-order valence-corrected chi connectivity index (χ4v) is 3.24. The summed E-state index contributed by atoms with van der Waals surface area (Å²) in [5.74, 6) is -1.89. The minimum absolute atomic E-state index is 0.0602. The van der Waals surface area contributed by atoms with Crippen LogP contribution in [0, 0.1) is 17.8 Å². The molecule has 2 atom stereocenters. The third-order valence-electron chi connectivity index (χ3n) is 5.18. The molecular formula is C24H36N4O6. The van der Waals surface area contributed by atoms with E-state index in [1.807, 2.05) is 13.8 Å². The highest BCUT2D eigenvalue weighted by Gasteiger charge is 2.28. The molecule has 1 aromatic carbocycles. The van der Waals surface area contributed by atoms with Gasteiger partial charge in [-0.3, -0.25) is 19.2 Å². The van der Waals surface area contributed by atoms with Crippen molar-refractivity contribution in [1.29, 1.82) is 0 Å². The average Bonchev–Trinajstić information content (AvgIpc) is 2.77. The van der Waals surface area contributed by atoms with Crippen LogP contribution in [0.1, 0.15) is 52.5 Å². The van der Waals surface area contributed by atoms with E-state index in [0.29, 0.717) is 24.9 Å². The number of esters is 1. The van der Waals surface area contributed by atoms with Crippen molar-refractivity contribution in [3.8, 4) is 0 Å². The van der Waals surface area contributed by atoms with Gasteiger partial charge in [0.15, 0.2) is 5.78 Å². The summed E-state index contributed by atoms with van der Waals surface area (Å²) >= 11 is 0. The van der Waals surface area contributed by atoms with Gasteiger partial charge >= 0.3 is 12.0 Å². The molecule has 5 N–H and O–H groups in total. The van der Waals surface area contributed by atoms with Gasteiger partial charge in [-0.05, 0) is 36.5 Å². The average molecular weight is 477 g/mol. The van der Waals surface area contributed by atoms with E-state index in [1.54, 1.807) is 38.1 Å². The fourth-order valence-electron chi connectivity index (χ4n) is 3.24. The lowest BCUT2D eigenvalue weighted by molar-refractivity contribution is -0.148. The van der Waals surface area contributed by atoms with Crippen molar-refractivity contribution in [3.63, 3.8) is 0 Å². The van der Waals surface area contributed by atoms with Crippen molar-refractivity contribution in [1.82, 2.24) is 10.6 Å². The first-order valence-corrected chi connectivity index (χ1v) is 11.4. The number of primary amides is 1. The number of carbonyl (C=O) groups excluding carboxylic acids is 5. The molecule has 0 fully saturated rings. The number of nitrogens with two attached hydrogens (primary N) is 1. The molecule has 1 aromatic rings. The Morgan fingerprint density at radius 1 is 1.06 bits per heavy atom. The minimum atomic E-state index is -0.690. The van der Waals surface area contributed by atoms with Crippen molar-refractivity contribution in [2.75, 3.05) is 11.9 Å². The van der Waals surface area contributed by atoms with Crippen molar-refractivity contribution < 1.29 is 28.7 Å². The molecule has 10 nitrogen and oxygen atoms in total. The van der Waals surface area contributed by atoms with Crippen LogP contribution in [0.3, 0.4) is 0 Å². The van der Waals surface area contributed by atoms with Gasteiger partial charge < -0.3 is 26.4 Å². The second-order valence-corrected chi connectivity index (χ2v) is 8.76. The smallest absolute Gasteiger partial charge is 0.312 e. The molecule has 0 saturated carbocycles. The number of nitrogens with one attached hydrogen (secondary N) is 3. The molecule has 10 heteroatoms. The Hall–Kier alpha value is -3.43. The Morgan fingerprint density at radius 2 is 1.71 bits per heavy atom. The number of benzene rings is 1. The lowest BCUT2D eigenvalue weighted by atomic mass is 9.89. The van der Waals surface area contributed by atoms with Gasteiger partial charge in [-0.15, -0.1) is 0 Å². The topological polar surface area (TPSA) is 157 Å². The van der Waals surface area contributed by atoms with Crippen LogP contribution in [0.4, 0.5) is 10.5 Å². The molecular weight excluding hydrogens is 440 g/mol. The summed E-state index contributed by atoms with van der Waals surface area (Å²) in [6, 6.07) is 5.51. The molecule has 0 aliphatic rings. The quantitative estimate of drug-likeness (QED) is 0.172. The molecule has 0 aliphatic carbocycles. The maximum Gasteiger partial charge on any atom is 0.312 e. The molecule has 0 saturated heterocycles. The van der Waals surface area contributed by atoms with E-state index in [-0.39, 0.29) is 49.1 Å². The number of ketones is 1. The summed E-state index contributed by atoms with van der Waals surface area (Å²) in [5, 5.41) is 7.79. The molecule has 0 bridgehead atoms. The molecule has 0 aliphatic heterocycles. The first kappa shape index (κ1) is 28.6. The lowest BCUT2D eigenvalue weighted by Gasteiger charge is -2.22. The Bertz CT molecular complexity index is 838. The van der Waals surface area contributed by atoms with E-state index < -0.39 is 18.0 Å². The van der Waals surface area contributed by atoms with Crippen molar-refractivity contribution in [3.05, 3.63) is 29.8 Å². The van der Waals surface area contributed by atoms with Gasteiger partial charge in [-0.1, -0.05) is 39.8 Å². The number of Topliss-reactive ketones (excluding diaryl/α,β-unsaturated/α-hetero) is 1. The van der Waals surface area contributed by atoms with E-state index in [4.69, 9.17) is 10.5 Å². The van der Waals surface area contributed by atoms with E-state index in [0.717, 1.165) is 5.56 Å². The first-order valence-electron chi connectivity index (χ1n) is 11.4. The number of carbonyl (C=O) groups is 5. The zero-order valence-corrected chi connectivity index (χ0v) is 20.3. The van der Waals surface area contributed by atoms with Gasteiger partial charge in [0.25, 0.3) is 0 Å². The van der Waals surface area contributed by atoms with Crippen molar-refractivity contribution in [2.24, 2.45) is 23.5 Å². The summed E-state index contributed by atoms with van der Waals surface area (Å²) in [5.41, 5.74) is 6.38. The fraction of sp³-hybridized carbons (Fsp3) is 0.542. The monoisotopic (exact) mass is 476 g/mol. The van der Waals surface area contributed by atoms with E-state index in [9.17, 15) is 24.0 Å². The Balaban J connectivity index is 2.83. The van der Waals surface area contributed by atoms with Gasteiger partial charge in [-0.2, -0.15) is 0 Å². The molecule has 188 valence electrons. The Kier molecular flexibility index (Phi) is 12.3. The molecule has 0 spiro atoms. The summed E-state index contributed by atoms with van der Waals surface area (Å²) in [4.78, 5) is 59.1. The van der Waals surface area contributed by atoms with Gasteiger partial charge in [0.2, 0.25) is 12.3 Å². The SMILES string of the molecule is CC(C)C(=O)OCc1ccc(NC(=O)[C@H](CCCNC(N)=O)CC(=O)[C@@H](NC=O)C(C)C)cc1. The van der Waals surface area contributed by atoms with Crippen molar-refractivity contribution in [2.45, 2.75) is 59.6 Å². The molecule has 0 aromatic heterocycles. The number of anilines is 1. The highest BCUT2D eigenvalue weighted by atomic mass is 16.5. The predicted molar refractivity (Wildman–Crippen MR) is 127 cm³/mol. The van der Waals surface area contributed by atoms with Gasteiger partial charge in [0.1, 0.15) is 6.61 Å². The Morgan fingerprint density at radius 3 is 2.24 bits per heavy atom. The van der Waals surface area contributed by atoms with Crippen LogP contribution in [0.15, 0.2) is 24.3 Å². The van der Waals surface area contributed by atoms with Crippen LogP contribution in [-0.2, 0) is 30.5 Å². The second-order valence-electron chi connectivity index (χ2n) is 8.76. The number of urea groups is 1. The van der Waals surface area contributed by atoms with Crippen LogP contribution in [-0.4, -0.2) is 42.7 Å². The van der Waals surface area contributed by atoms with E-state index >= 15 is 0 Å². The van der Waals surface area contributed by atoms with E-state index in [2.05, 4.69) is 16.0 Å². The van der Waals surface area contributed by atoms with Gasteiger partial charge in [0.05, 0.1) is 12.0 Å². The second kappa shape index (κ2) is 14.7. The van der Waals surface area contributed by atoms with Gasteiger partial charge in [-0.25, -0.2) is 4.79 Å². The maximum absolute atomic E-state index is 13.0. The van der Waals surface area contributed by atoms with Crippen LogP contribution in [0.25, 0.3) is 0 Å². The molecule has 1 rings (SSSR count). The minimum Gasteiger partial charge on any atom is -0.461 e. The summed E-state index contributed by atoms with van der Waals surface area (Å²) in [6.07, 6.45) is 1.21. The number of rotatable bonds is 15. The van der Waals surface area contributed by atoms with E-state index in [1.165, 1.54) is 0 Å². The molecule has 0 radical (unpaired) electrons. The first-order chi connectivity index (χ1) is 16.0. The third-order valence-corrected chi connectivity index (χ3v) is 5.18. The highest BCUT2D eigenvalue weighted by molar-refractivity contribution is 5.96. The third kappa shape index (κ3) is 10.5. The molecule has 4 amide bonds. The predicted octanol–water partition coefficient (Wildman–Crippen LogP) is 2.12. The summed E-state index contributed by atoms with van der Waals surface area (Å²) in [7, 11) is 0. The molecule has 34 heavy (non-hydrogen) atoms. The summed E-state index contributed by atoms with van der Waals surface area (Å²) in [6.45, 7) is 7.54. The van der Waals surface area contributed by atoms with Gasteiger partial charge in [0, 0.05) is 24.6 Å². The highest BCUT2D eigenvalue weighted by Crippen LogP contribution is 2.19. The van der Waals surface area contributed by atoms with Crippen molar-refractivity contribution >= 4 is 35.8 Å². The Labute approximate surface area is 200 Å². The zero-order chi connectivity index (χ0) is 25.7. The normalized spacial score (nSPS) is 12.5. The number of ether oxygens (including phenoxy) is 1. The molecule has 0 heterocycles. The number of hydrogen-bond donors (Lipinski definition) is 4. The number of hydrogen-bond acceptors (Lipinski definition) is 6. The molecule has 0 unspecified atom stereocenters. The standard InChI is InChI=1S/C24H36N4O6/c1-15(2)21(27-14-29)20(30)12-18(6-5-11-26-24(25)33)22(31)28-19-9-7-17(8-10-19)13-34-23(32)16(3)4/h7-10,14-16,18,21H,5-6,11-13H2,1-4H3,(H,27,29)(H,28,31)(H3,25,26,33)/t18-,21+/m1/s1. The van der Waals surface area contributed by atoms with Crippen LogP contribution < -0.4 is 21.7 Å². The zero-order valence-electron chi connectivity index (χ0n) is 20.3. The largest absolute Gasteiger partial charge is 0.461 e. The van der Waals surface area contributed by atoms with Crippen LogP contribution in [0.2, 0.25) is 0 Å².